The molecule has 6 nitrogen and oxygen atoms in total. The third-order valence-electron chi connectivity index (χ3n) is 2.69. The molecule has 7 heteroatoms. The topological polar surface area (TPSA) is 84.3 Å². The Kier molecular flexibility index (Phi) is 4.28. The van der Waals surface area contributed by atoms with Gasteiger partial charge in [0.15, 0.2) is 0 Å². The molecule has 0 aliphatic carbocycles. The number of methoxy groups -OCH3 is 1. The van der Waals surface area contributed by atoms with Gasteiger partial charge < -0.3 is 9.84 Å². The second-order valence-electron chi connectivity index (χ2n) is 4.89. The predicted octanol–water partition coefficient (Wildman–Crippen LogP) is 0.444. The van der Waals surface area contributed by atoms with Gasteiger partial charge in [0.2, 0.25) is 11.7 Å². The summed E-state index contributed by atoms with van der Waals surface area (Å²) in [5, 5.41) is 9.48. The van der Waals surface area contributed by atoms with Crippen LogP contribution in [0.5, 0.6) is 5.88 Å². The first-order valence-corrected chi connectivity index (χ1v) is 5.49. The second-order valence-corrected chi connectivity index (χ2v) is 4.89. The summed E-state index contributed by atoms with van der Waals surface area (Å²) in [5.41, 5.74) is -2.44. The van der Waals surface area contributed by atoms with E-state index in [1.165, 1.54) is 0 Å². The summed E-state index contributed by atoms with van der Waals surface area (Å²) in [4.78, 5) is 24.3. The molecule has 0 fully saturated rings. The highest BCUT2D eigenvalue weighted by Gasteiger charge is 2.23. The second kappa shape index (κ2) is 5.34. The number of halogens is 1. The lowest BCUT2D eigenvalue weighted by Gasteiger charge is -2.25. The van der Waals surface area contributed by atoms with Crippen LogP contribution in [0.2, 0.25) is 0 Å². The van der Waals surface area contributed by atoms with Crippen LogP contribution in [-0.2, 0) is 11.3 Å². The van der Waals surface area contributed by atoms with Crippen LogP contribution in [0.1, 0.15) is 20.3 Å². The van der Waals surface area contributed by atoms with Crippen LogP contribution in [0.4, 0.5) is 4.39 Å². The van der Waals surface area contributed by atoms with Crippen LogP contribution in [0.15, 0.2) is 9.59 Å². The lowest BCUT2D eigenvalue weighted by molar-refractivity contribution is 0.138. The quantitative estimate of drug-likeness (QED) is 0.804. The number of nitrogens with zero attached hydrogens (tertiary/aromatic N) is 1. The van der Waals surface area contributed by atoms with E-state index in [1.54, 1.807) is 7.11 Å². The van der Waals surface area contributed by atoms with E-state index in [2.05, 4.69) is 0 Å². The van der Waals surface area contributed by atoms with Crippen molar-refractivity contribution in [2.24, 2.45) is 5.41 Å². The molecular weight excluding hydrogens is 243 g/mol. The maximum absolute atomic E-state index is 13.2. The molecule has 0 atom stereocenters. The maximum atomic E-state index is 13.2. The molecule has 1 heterocycles. The molecular formula is C11H17FN2O4. The Balaban J connectivity index is 3.09. The fourth-order valence-corrected chi connectivity index (χ4v) is 1.57. The first-order chi connectivity index (χ1) is 8.28. The van der Waals surface area contributed by atoms with E-state index >= 15 is 0 Å². The van der Waals surface area contributed by atoms with Gasteiger partial charge in [-0.15, -0.1) is 0 Å². The minimum Gasteiger partial charge on any atom is -0.492 e. The number of ether oxygens (including phenoxy) is 1. The highest BCUT2D eigenvalue weighted by Crippen LogP contribution is 2.24. The van der Waals surface area contributed by atoms with E-state index in [0.29, 0.717) is 13.0 Å². The largest absolute Gasteiger partial charge is 0.492 e. The van der Waals surface area contributed by atoms with Crippen molar-refractivity contribution >= 4 is 0 Å². The van der Waals surface area contributed by atoms with Crippen molar-refractivity contribution in [3.8, 4) is 5.88 Å². The van der Waals surface area contributed by atoms with Crippen molar-refractivity contribution in [1.82, 2.24) is 9.55 Å². The van der Waals surface area contributed by atoms with Crippen molar-refractivity contribution in [2.45, 2.75) is 26.8 Å². The number of aromatic amines is 1. The van der Waals surface area contributed by atoms with Gasteiger partial charge in [-0.05, 0) is 11.8 Å². The maximum Gasteiger partial charge on any atom is 0.331 e. The highest BCUT2D eigenvalue weighted by atomic mass is 19.1. The molecule has 102 valence electrons. The van der Waals surface area contributed by atoms with Crippen molar-refractivity contribution in [3.63, 3.8) is 0 Å². The zero-order valence-corrected chi connectivity index (χ0v) is 10.6. The van der Waals surface area contributed by atoms with Crippen LogP contribution >= 0.6 is 0 Å². The number of aromatic nitrogens is 2. The van der Waals surface area contributed by atoms with Crippen LogP contribution in [0.25, 0.3) is 0 Å². The monoisotopic (exact) mass is 260 g/mol. The molecule has 0 aromatic carbocycles. The normalized spacial score (nSPS) is 11.8. The molecule has 2 N–H and O–H groups in total. The first kappa shape index (κ1) is 14.4. The van der Waals surface area contributed by atoms with E-state index < -0.39 is 22.9 Å². The van der Waals surface area contributed by atoms with Crippen LogP contribution < -0.4 is 11.2 Å². The smallest absolute Gasteiger partial charge is 0.331 e. The van der Waals surface area contributed by atoms with E-state index in [4.69, 9.17) is 4.74 Å². The average Bonchev–Trinajstić information content (AvgIpc) is 2.29. The van der Waals surface area contributed by atoms with E-state index in [-0.39, 0.29) is 12.0 Å². The summed E-state index contributed by atoms with van der Waals surface area (Å²) in [7, 11) is 1.55. The first-order valence-electron chi connectivity index (χ1n) is 5.49. The summed E-state index contributed by atoms with van der Waals surface area (Å²) in [5.74, 6) is -2.29. The zero-order valence-electron chi connectivity index (χ0n) is 10.6. The molecule has 1 rings (SSSR count). The predicted molar refractivity (Wildman–Crippen MR) is 63.2 cm³/mol. The number of nitrogens with one attached hydrogen (secondary N) is 1. The van der Waals surface area contributed by atoms with Crippen molar-refractivity contribution in [1.29, 1.82) is 0 Å². The van der Waals surface area contributed by atoms with Crippen LogP contribution in [0.3, 0.4) is 0 Å². The number of hydrogen-bond acceptors (Lipinski definition) is 4. The van der Waals surface area contributed by atoms with Gasteiger partial charge in [-0.1, -0.05) is 13.8 Å². The van der Waals surface area contributed by atoms with Crippen LogP contribution in [-0.4, -0.2) is 28.4 Å². The van der Waals surface area contributed by atoms with Gasteiger partial charge in [0.1, 0.15) is 0 Å². The van der Waals surface area contributed by atoms with Gasteiger partial charge in [-0.25, -0.2) is 4.79 Å². The number of H-pyrrole nitrogens is 1. The van der Waals surface area contributed by atoms with Crippen LogP contribution in [0, 0.1) is 11.2 Å². The Bertz CT molecular complexity index is 533. The summed E-state index contributed by atoms with van der Waals surface area (Å²) in [6, 6.07) is 0. The van der Waals surface area contributed by atoms with Gasteiger partial charge in [-0.2, -0.15) is 4.39 Å². The minimum absolute atomic E-state index is 0.0781. The van der Waals surface area contributed by atoms with Gasteiger partial charge in [0, 0.05) is 20.3 Å². The molecule has 18 heavy (non-hydrogen) atoms. The van der Waals surface area contributed by atoms with E-state index in [9.17, 15) is 19.1 Å². The number of aromatic hydroxyl groups is 1. The van der Waals surface area contributed by atoms with E-state index in [0.717, 1.165) is 4.57 Å². The summed E-state index contributed by atoms with van der Waals surface area (Å²) in [6.07, 6.45) is 0.621. The number of rotatable bonds is 5. The fourth-order valence-electron chi connectivity index (χ4n) is 1.57. The highest BCUT2D eigenvalue weighted by molar-refractivity contribution is 5.09. The lowest BCUT2D eigenvalue weighted by Crippen LogP contribution is -2.36. The zero-order chi connectivity index (χ0) is 13.9. The van der Waals surface area contributed by atoms with Crippen molar-refractivity contribution in [3.05, 3.63) is 26.7 Å². The molecule has 0 unspecified atom stereocenters. The average molecular weight is 260 g/mol. The van der Waals surface area contributed by atoms with Gasteiger partial charge >= 0.3 is 5.69 Å². The number of hydrogen-bond donors (Lipinski definition) is 2. The Hall–Kier alpha value is -1.63. The Morgan fingerprint density at radius 2 is 2.06 bits per heavy atom. The molecule has 1 aromatic heterocycles. The van der Waals surface area contributed by atoms with Gasteiger partial charge in [0.25, 0.3) is 5.56 Å². The van der Waals surface area contributed by atoms with Crippen molar-refractivity contribution in [2.75, 3.05) is 13.7 Å². The molecule has 0 aliphatic heterocycles. The lowest BCUT2D eigenvalue weighted by atomic mass is 9.89. The van der Waals surface area contributed by atoms with E-state index in [1.807, 2.05) is 18.8 Å². The third kappa shape index (κ3) is 3.19. The molecule has 0 bridgehead atoms. The third-order valence-corrected chi connectivity index (χ3v) is 2.69. The molecule has 0 saturated heterocycles. The summed E-state index contributed by atoms with van der Waals surface area (Å²) < 4.78 is 19.0. The summed E-state index contributed by atoms with van der Waals surface area (Å²) in [6.45, 7) is 4.25. The molecule has 0 saturated carbocycles. The Morgan fingerprint density at radius 1 is 1.44 bits per heavy atom. The van der Waals surface area contributed by atoms with Gasteiger partial charge in [0.05, 0.1) is 0 Å². The molecule has 0 spiro atoms. The SMILES string of the molecule is COCCC(C)(C)Cn1c(O)c(F)c(=O)[nH]c1=O. The Morgan fingerprint density at radius 3 is 2.61 bits per heavy atom. The van der Waals surface area contributed by atoms with Crippen molar-refractivity contribution < 1.29 is 14.2 Å². The molecule has 1 aromatic rings. The fraction of sp³-hybridized carbons (Fsp3) is 0.636. The standard InChI is InChI=1S/C11H17FN2O4/c1-11(2,4-5-18-3)6-14-9(16)7(12)8(15)13-10(14)17/h16H,4-6H2,1-3H3,(H,13,15,17). The molecule has 0 aliphatic rings. The van der Waals surface area contributed by atoms with Gasteiger partial charge in [-0.3, -0.25) is 14.3 Å². The minimum atomic E-state index is -1.35. The molecule has 0 radical (unpaired) electrons. The summed E-state index contributed by atoms with van der Waals surface area (Å²) >= 11 is 0. The molecule has 0 amide bonds. The Labute approximate surface area is 103 Å².